The van der Waals surface area contributed by atoms with Crippen molar-refractivity contribution in [3.63, 3.8) is 0 Å². The van der Waals surface area contributed by atoms with Crippen LogP contribution in [0.3, 0.4) is 0 Å². The van der Waals surface area contributed by atoms with Crippen molar-refractivity contribution in [3.8, 4) is 5.69 Å². The molecule has 19 heavy (non-hydrogen) atoms. The third kappa shape index (κ3) is 2.97. The molecule has 1 aromatic heterocycles. The summed E-state index contributed by atoms with van der Waals surface area (Å²) >= 11 is 5.87. The molecule has 0 unspecified atom stereocenters. The zero-order valence-electron chi connectivity index (χ0n) is 10.5. The molecular weight excluding hydrogens is 262 g/mol. The first-order valence-electron chi connectivity index (χ1n) is 6.40. The maximum atomic E-state index is 9.51. The number of β-amino-alcohol motifs (C(OH)–C–C–N with tert-alkyl or cyclic N) is 1. The predicted octanol–water partition coefficient (Wildman–Crippen LogP) is 2.09. The first kappa shape index (κ1) is 12.7. The summed E-state index contributed by atoms with van der Waals surface area (Å²) in [6, 6.07) is 7.60. The van der Waals surface area contributed by atoms with Gasteiger partial charge in [0.1, 0.15) is 0 Å². The summed E-state index contributed by atoms with van der Waals surface area (Å²) in [5.41, 5.74) is 2.15. The van der Waals surface area contributed by atoms with Gasteiger partial charge in [-0.15, -0.1) is 0 Å². The van der Waals surface area contributed by atoms with E-state index < -0.39 is 0 Å². The molecule has 0 spiro atoms. The van der Waals surface area contributed by atoms with E-state index >= 15 is 0 Å². The topological polar surface area (TPSA) is 41.3 Å². The van der Waals surface area contributed by atoms with Gasteiger partial charge in [-0.2, -0.15) is 5.10 Å². The highest BCUT2D eigenvalue weighted by Crippen LogP contribution is 2.16. The fraction of sp³-hybridized carbons (Fsp3) is 0.357. The number of hydrogen-bond donors (Lipinski definition) is 1. The minimum Gasteiger partial charge on any atom is -0.392 e. The molecule has 1 atom stereocenters. The van der Waals surface area contributed by atoms with E-state index in [1.807, 2.05) is 41.3 Å². The molecule has 1 fully saturated rings. The number of aliphatic hydroxyl groups excluding tert-OH is 1. The minimum atomic E-state index is -0.175. The molecule has 100 valence electrons. The fourth-order valence-corrected chi connectivity index (χ4v) is 2.52. The van der Waals surface area contributed by atoms with Crippen LogP contribution in [0.15, 0.2) is 36.7 Å². The van der Waals surface area contributed by atoms with Crippen molar-refractivity contribution in [1.82, 2.24) is 14.7 Å². The second kappa shape index (κ2) is 5.33. The van der Waals surface area contributed by atoms with Crippen LogP contribution in [0.4, 0.5) is 0 Å². The number of benzene rings is 1. The SMILES string of the molecule is O[C@H]1CCN(Cc2cnn(-c3ccc(Cl)cc3)c2)C1. The lowest BCUT2D eigenvalue weighted by atomic mass is 10.3. The average Bonchev–Trinajstić information content (AvgIpc) is 3.00. The Labute approximate surface area is 117 Å². The Morgan fingerprint density at radius 3 is 2.79 bits per heavy atom. The van der Waals surface area contributed by atoms with Gasteiger partial charge in [0.05, 0.1) is 18.0 Å². The van der Waals surface area contributed by atoms with Gasteiger partial charge in [0.2, 0.25) is 0 Å². The predicted molar refractivity (Wildman–Crippen MR) is 74.5 cm³/mol. The number of likely N-dealkylation sites (tertiary alicyclic amines) is 1. The summed E-state index contributed by atoms with van der Waals surface area (Å²) in [5.74, 6) is 0. The Kier molecular flexibility index (Phi) is 3.55. The molecule has 1 aliphatic rings. The van der Waals surface area contributed by atoms with E-state index in [-0.39, 0.29) is 6.10 Å². The monoisotopic (exact) mass is 277 g/mol. The lowest BCUT2D eigenvalue weighted by Gasteiger charge is -2.12. The highest BCUT2D eigenvalue weighted by molar-refractivity contribution is 6.30. The molecule has 1 N–H and O–H groups in total. The Bertz CT molecular complexity index is 552. The van der Waals surface area contributed by atoms with Crippen LogP contribution >= 0.6 is 11.6 Å². The first-order valence-corrected chi connectivity index (χ1v) is 6.78. The van der Waals surface area contributed by atoms with Crippen LogP contribution in [-0.4, -0.2) is 39.0 Å². The Hall–Kier alpha value is -1.36. The highest BCUT2D eigenvalue weighted by atomic mass is 35.5. The van der Waals surface area contributed by atoms with Crippen LogP contribution < -0.4 is 0 Å². The Morgan fingerprint density at radius 2 is 2.11 bits per heavy atom. The normalized spacial score (nSPS) is 20.0. The summed E-state index contributed by atoms with van der Waals surface area (Å²) in [6.45, 7) is 2.55. The summed E-state index contributed by atoms with van der Waals surface area (Å²) in [5, 5.41) is 14.6. The van der Waals surface area contributed by atoms with E-state index in [1.165, 1.54) is 0 Å². The van der Waals surface area contributed by atoms with E-state index in [2.05, 4.69) is 10.00 Å². The highest BCUT2D eigenvalue weighted by Gasteiger charge is 2.20. The van der Waals surface area contributed by atoms with Gasteiger partial charge in [0.25, 0.3) is 0 Å². The third-order valence-corrected chi connectivity index (χ3v) is 3.63. The Morgan fingerprint density at radius 1 is 1.32 bits per heavy atom. The lowest BCUT2D eigenvalue weighted by Crippen LogP contribution is -2.21. The van der Waals surface area contributed by atoms with Crippen LogP contribution in [0.5, 0.6) is 0 Å². The first-order chi connectivity index (χ1) is 9.20. The molecule has 5 heteroatoms. The van der Waals surface area contributed by atoms with Crippen molar-refractivity contribution in [2.75, 3.05) is 13.1 Å². The van der Waals surface area contributed by atoms with Crippen molar-refractivity contribution in [2.45, 2.75) is 19.1 Å². The molecule has 1 saturated heterocycles. The van der Waals surface area contributed by atoms with Crippen LogP contribution in [-0.2, 0) is 6.54 Å². The quantitative estimate of drug-likeness (QED) is 0.934. The van der Waals surface area contributed by atoms with Gasteiger partial charge in [-0.1, -0.05) is 11.6 Å². The molecule has 2 aromatic rings. The van der Waals surface area contributed by atoms with Gasteiger partial charge in [0.15, 0.2) is 0 Å². The van der Waals surface area contributed by atoms with Gasteiger partial charge in [-0.25, -0.2) is 4.68 Å². The van der Waals surface area contributed by atoms with Crippen molar-refractivity contribution < 1.29 is 5.11 Å². The number of halogens is 1. The minimum absolute atomic E-state index is 0.175. The van der Waals surface area contributed by atoms with Crippen molar-refractivity contribution in [1.29, 1.82) is 0 Å². The van der Waals surface area contributed by atoms with E-state index in [9.17, 15) is 5.11 Å². The van der Waals surface area contributed by atoms with E-state index in [0.717, 1.165) is 42.3 Å². The molecule has 0 bridgehead atoms. The van der Waals surface area contributed by atoms with Crippen molar-refractivity contribution >= 4 is 11.6 Å². The molecule has 3 rings (SSSR count). The molecule has 4 nitrogen and oxygen atoms in total. The number of aliphatic hydroxyl groups is 1. The molecule has 0 amide bonds. The van der Waals surface area contributed by atoms with E-state index in [4.69, 9.17) is 11.6 Å². The third-order valence-electron chi connectivity index (χ3n) is 3.38. The lowest BCUT2D eigenvalue weighted by molar-refractivity contribution is 0.175. The second-order valence-corrected chi connectivity index (χ2v) is 5.38. The Balaban J connectivity index is 1.71. The largest absolute Gasteiger partial charge is 0.392 e. The van der Waals surface area contributed by atoms with E-state index in [0.29, 0.717) is 0 Å². The number of nitrogens with zero attached hydrogens (tertiary/aromatic N) is 3. The molecule has 0 radical (unpaired) electrons. The molecule has 1 aromatic carbocycles. The maximum Gasteiger partial charge on any atom is 0.0679 e. The summed E-state index contributed by atoms with van der Waals surface area (Å²) in [7, 11) is 0. The average molecular weight is 278 g/mol. The number of hydrogen-bond acceptors (Lipinski definition) is 3. The summed E-state index contributed by atoms with van der Waals surface area (Å²) in [6.07, 6.45) is 4.59. The van der Waals surface area contributed by atoms with Crippen LogP contribution in [0.1, 0.15) is 12.0 Å². The molecule has 0 aliphatic carbocycles. The van der Waals surface area contributed by atoms with E-state index in [1.54, 1.807) is 0 Å². The second-order valence-electron chi connectivity index (χ2n) is 4.95. The van der Waals surface area contributed by atoms with Gasteiger partial charge in [0, 0.05) is 36.4 Å². The molecule has 2 heterocycles. The van der Waals surface area contributed by atoms with Crippen molar-refractivity contribution in [2.24, 2.45) is 0 Å². The molecule has 0 saturated carbocycles. The zero-order chi connectivity index (χ0) is 13.2. The summed E-state index contributed by atoms with van der Waals surface area (Å²) in [4.78, 5) is 2.24. The smallest absolute Gasteiger partial charge is 0.0679 e. The molecule has 1 aliphatic heterocycles. The van der Waals surface area contributed by atoms with Crippen LogP contribution in [0.25, 0.3) is 5.69 Å². The molecular formula is C14H16ClN3O. The van der Waals surface area contributed by atoms with Gasteiger partial charge in [-0.3, -0.25) is 4.90 Å². The number of rotatable bonds is 3. The van der Waals surface area contributed by atoms with Gasteiger partial charge in [-0.05, 0) is 30.7 Å². The number of aromatic nitrogens is 2. The van der Waals surface area contributed by atoms with Crippen LogP contribution in [0, 0.1) is 0 Å². The van der Waals surface area contributed by atoms with Crippen LogP contribution in [0.2, 0.25) is 5.02 Å². The summed E-state index contributed by atoms with van der Waals surface area (Å²) < 4.78 is 1.85. The fourth-order valence-electron chi connectivity index (χ4n) is 2.39. The zero-order valence-corrected chi connectivity index (χ0v) is 11.3. The maximum absolute atomic E-state index is 9.51. The van der Waals surface area contributed by atoms with Gasteiger partial charge < -0.3 is 5.11 Å². The van der Waals surface area contributed by atoms with Crippen molar-refractivity contribution in [3.05, 3.63) is 47.2 Å². The van der Waals surface area contributed by atoms with Gasteiger partial charge >= 0.3 is 0 Å². The standard InChI is InChI=1S/C14H16ClN3O/c15-12-1-3-13(4-2-12)18-9-11(7-16-18)8-17-6-5-14(19)10-17/h1-4,7,9,14,19H,5-6,8,10H2/t14-/m0/s1.